The molecule has 0 saturated carbocycles. The van der Waals surface area contributed by atoms with E-state index in [0.29, 0.717) is 0 Å². The first-order chi connectivity index (χ1) is 7.81. The van der Waals surface area contributed by atoms with Crippen molar-refractivity contribution in [3.63, 3.8) is 0 Å². The molecule has 0 bridgehead atoms. The van der Waals surface area contributed by atoms with Crippen molar-refractivity contribution in [1.29, 1.82) is 0 Å². The minimum Gasteiger partial charge on any atom is -0.287 e. The van der Waals surface area contributed by atoms with E-state index in [1.165, 1.54) is 67.8 Å². The molecule has 0 unspecified atom stereocenters. The Morgan fingerprint density at radius 1 is 0.667 bits per heavy atom. The maximum atomic E-state index is 4.02. The molecule has 92 valence electrons. The Morgan fingerprint density at radius 3 is 1.28 bits per heavy atom. The molecule has 4 nitrogen and oxygen atoms in total. The van der Waals surface area contributed by atoms with Crippen LogP contribution in [0.15, 0.2) is 17.4 Å². The second-order valence-electron chi connectivity index (χ2n) is 2.12. The summed E-state index contributed by atoms with van der Waals surface area (Å²) in [6, 6.07) is 0. The van der Waals surface area contributed by atoms with Gasteiger partial charge in [-0.05, 0) is 21.6 Å². The smallest absolute Gasteiger partial charge is 0.186 e. The van der Waals surface area contributed by atoms with Crippen molar-refractivity contribution in [2.75, 3.05) is 0 Å². The predicted octanol–water partition coefficient (Wildman–Crippen LogP) is 3.95. The molecule has 0 amide bonds. The molecule has 0 aromatic carbocycles. The first-order valence-electron chi connectivity index (χ1n) is 3.67. The van der Waals surface area contributed by atoms with Gasteiger partial charge >= 0.3 is 0 Å². The molecule has 0 atom stereocenters. The van der Waals surface area contributed by atoms with E-state index in [9.17, 15) is 0 Å². The van der Waals surface area contributed by atoms with E-state index in [1.54, 1.807) is 0 Å². The van der Waals surface area contributed by atoms with Gasteiger partial charge in [-0.15, -0.1) is 20.4 Å². The summed E-state index contributed by atoms with van der Waals surface area (Å²) in [5.74, 6) is 0. The second kappa shape index (κ2) is 11.3. The first kappa shape index (κ1) is 20.7. The molecule has 0 aliphatic heterocycles. The van der Waals surface area contributed by atoms with E-state index < -0.39 is 0 Å². The third kappa shape index (κ3) is 6.66. The summed E-state index contributed by atoms with van der Waals surface area (Å²) in [6.07, 6.45) is 7.36. The van der Waals surface area contributed by atoms with Gasteiger partial charge in [0.1, 0.15) is 8.68 Å². The molecular formula is C6H4N4S6Y2-2. The summed E-state index contributed by atoms with van der Waals surface area (Å²) >= 11 is 5.76. The Kier molecular flexibility index (Phi) is 13.0. The molecule has 0 saturated heterocycles. The zero-order chi connectivity index (χ0) is 11.4. The number of thioether (sulfide) groups is 2. The summed E-state index contributed by atoms with van der Waals surface area (Å²) in [5.41, 5.74) is 0. The third-order valence-corrected chi connectivity index (χ3v) is 7.46. The predicted molar refractivity (Wildman–Crippen MR) is 74.0 cm³/mol. The zero-order valence-corrected chi connectivity index (χ0v) is 19.4. The van der Waals surface area contributed by atoms with Crippen molar-refractivity contribution in [1.82, 2.24) is 20.4 Å². The van der Waals surface area contributed by atoms with E-state index >= 15 is 0 Å². The van der Waals surface area contributed by atoms with Crippen LogP contribution in [0, 0.1) is 12.5 Å². The van der Waals surface area contributed by atoms with E-state index in [0.717, 1.165) is 17.4 Å². The SMILES string of the molecule is [CH2-]Sc1nnc(SSc2nnc(S[CH2-])s2)s1.[Y].[Y]. The maximum absolute atomic E-state index is 4.02. The van der Waals surface area contributed by atoms with Crippen molar-refractivity contribution in [2.45, 2.75) is 17.4 Å². The molecule has 0 N–H and O–H groups in total. The van der Waals surface area contributed by atoms with Gasteiger partial charge in [0.05, 0.1) is 0 Å². The van der Waals surface area contributed by atoms with Crippen LogP contribution in [-0.4, -0.2) is 20.4 Å². The fourth-order valence-corrected chi connectivity index (χ4v) is 5.62. The number of rotatable bonds is 5. The molecule has 12 heteroatoms. The van der Waals surface area contributed by atoms with Crippen LogP contribution in [0.25, 0.3) is 0 Å². The Morgan fingerprint density at radius 2 is 1.00 bits per heavy atom. The Bertz CT molecular complexity index is 420. The van der Waals surface area contributed by atoms with Crippen LogP contribution in [0.1, 0.15) is 0 Å². The van der Waals surface area contributed by atoms with Gasteiger partial charge in [-0.3, -0.25) is 36.0 Å². The molecule has 2 heterocycles. The van der Waals surface area contributed by atoms with Crippen LogP contribution >= 0.6 is 67.8 Å². The fourth-order valence-electron chi connectivity index (χ4n) is 0.650. The topological polar surface area (TPSA) is 51.6 Å². The average Bonchev–Trinajstić information content (AvgIpc) is 2.95. The molecule has 2 radical (unpaired) electrons. The quantitative estimate of drug-likeness (QED) is 0.346. The molecule has 2 aromatic rings. The Hall–Kier alpha value is 2.73. The van der Waals surface area contributed by atoms with E-state index in [1.807, 2.05) is 0 Å². The van der Waals surface area contributed by atoms with Crippen molar-refractivity contribution in [2.24, 2.45) is 0 Å². The van der Waals surface area contributed by atoms with Crippen LogP contribution in [0.5, 0.6) is 0 Å². The molecule has 18 heavy (non-hydrogen) atoms. The summed E-state index contributed by atoms with van der Waals surface area (Å²) in [5, 5.41) is 15.9. The number of hydrogen-bond acceptors (Lipinski definition) is 10. The number of aromatic nitrogens is 4. The van der Waals surface area contributed by atoms with Gasteiger partial charge < -0.3 is 0 Å². The van der Waals surface area contributed by atoms with E-state index in [2.05, 4.69) is 32.9 Å². The largest absolute Gasteiger partial charge is 0.287 e. The van der Waals surface area contributed by atoms with Crippen LogP contribution in [0.2, 0.25) is 0 Å². The molecule has 0 aliphatic carbocycles. The van der Waals surface area contributed by atoms with Gasteiger partial charge in [0.2, 0.25) is 0 Å². The summed E-state index contributed by atoms with van der Waals surface area (Å²) in [6.45, 7) is 0. The molecule has 2 aromatic heterocycles. The van der Waals surface area contributed by atoms with Crippen LogP contribution in [0.4, 0.5) is 0 Å². The van der Waals surface area contributed by atoms with Gasteiger partial charge in [0.25, 0.3) is 0 Å². The van der Waals surface area contributed by atoms with Gasteiger partial charge in [-0.25, -0.2) is 0 Å². The molecule has 0 spiro atoms. The zero-order valence-electron chi connectivity index (χ0n) is 8.81. The summed E-state index contributed by atoms with van der Waals surface area (Å²) < 4.78 is 3.54. The minimum atomic E-state index is 0. The van der Waals surface area contributed by atoms with E-state index in [-0.39, 0.29) is 65.4 Å². The van der Waals surface area contributed by atoms with Gasteiger partial charge in [-0.1, -0.05) is 22.7 Å². The van der Waals surface area contributed by atoms with Crippen molar-refractivity contribution in [3.05, 3.63) is 12.5 Å². The standard InChI is InChI=1S/C6H4N4S6.2Y/c1-11-3-7-9-5(13-3)15-16-6-10-8-4(12-2)14-6;;/h1-2H2;;/q-2;;. The van der Waals surface area contributed by atoms with Gasteiger partial charge in [0, 0.05) is 65.4 Å². The van der Waals surface area contributed by atoms with Crippen molar-refractivity contribution >= 4 is 67.8 Å². The third-order valence-electron chi connectivity index (χ3n) is 1.21. The summed E-state index contributed by atoms with van der Waals surface area (Å²) in [4.78, 5) is 0. The van der Waals surface area contributed by atoms with Crippen LogP contribution in [-0.2, 0) is 65.4 Å². The summed E-state index contributed by atoms with van der Waals surface area (Å²) in [7, 11) is 3.06. The Balaban J connectivity index is 0.00000144. The normalized spacial score (nSPS) is 9.67. The van der Waals surface area contributed by atoms with E-state index in [4.69, 9.17) is 0 Å². The Labute approximate surface area is 180 Å². The van der Waals surface area contributed by atoms with Gasteiger partial charge in [0.15, 0.2) is 8.68 Å². The maximum Gasteiger partial charge on any atom is 0.186 e. The minimum absolute atomic E-state index is 0. The molecule has 0 fully saturated rings. The number of hydrogen-bond donors (Lipinski definition) is 0. The monoisotopic (exact) mass is 502 g/mol. The molecule has 2 rings (SSSR count). The fraction of sp³-hybridized carbons (Fsp3) is 0. The average molecular weight is 502 g/mol. The van der Waals surface area contributed by atoms with Crippen LogP contribution in [0.3, 0.4) is 0 Å². The van der Waals surface area contributed by atoms with Gasteiger partial charge in [-0.2, -0.15) is 0 Å². The van der Waals surface area contributed by atoms with Crippen LogP contribution < -0.4 is 0 Å². The number of nitrogens with zero attached hydrogens (tertiary/aromatic N) is 4. The first-order valence-corrected chi connectivity index (χ1v) is 9.43. The molecular weight excluding hydrogens is 498 g/mol. The van der Waals surface area contributed by atoms with Crippen molar-refractivity contribution < 1.29 is 65.4 Å². The molecule has 0 aliphatic rings. The van der Waals surface area contributed by atoms with Crippen molar-refractivity contribution in [3.8, 4) is 0 Å². The second-order valence-corrected chi connectivity index (χ2v) is 8.57.